The third kappa shape index (κ3) is 3.64. The molecule has 0 amide bonds. The first kappa shape index (κ1) is 22.6. The van der Waals surface area contributed by atoms with Crippen molar-refractivity contribution in [2.75, 3.05) is 14.1 Å². The third-order valence-electron chi connectivity index (χ3n) is 6.13. The maximum atomic E-state index is 7.45. The quantitative estimate of drug-likeness (QED) is 0.435. The molecule has 1 aliphatic rings. The lowest BCUT2D eigenvalue weighted by molar-refractivity contribution is 0.278. The van der Waals surface area contributed by atoms with Gasteiger partial charge in [-0.15, -0.1) is 0 Å². The lowest BCUT2D eigenvalue weighted by Crippen LogP contribution is -2.86. The first-order chi connectivity index (χ1) is 10.4. The fraction of sp³-hybridized carbons (Fsp3) is 0.889. The summed E-state index contributed by atoms with van der Waals surface area (Å²) in [6.07, 6.45) is 1.24. The predicted octanol–water partition coefficient (Wildman–Crippen LogP) is 5.66. The van der Waals surface area contributed by atoms with Crippen LogP contribution in [0.5, 0.6) is 0 Å². The van der Waals surface area contributed by atoms with Gasteiger partial charge in [0.2, 0.25) is 0 Å². The Labute approximate surface area is 156 Å². The molecule has 0 N–H and O–H groups in total. The molecule has 0 spiro atoms. The van der Waals surface area contributed by atoms with Crippen LogP contribution in [0.25, 0.3) is 0 Å². The molecule has 1 aliphatic heterocycles. The van der Waals surface area contributed by atoms with Crippen molar-refractivity contribution >= 4 is 31.8 Å². The highest BCUT2D eigenvalue weighted by Gasteiger charge is 2.69. The van der Waals surface area contributed by atoms with Gasteiger partial charge in [-0.05, 0) is 60.0 Å². The van der Waals surface area contributed by atoms with E-state index in [-0.39, 0.29) is 0 Å². The number of rotatable bonds is 5. The summed E-state index contributed by atoms with van der Waals surface area (Å²) in [5.74, 6) is 0. The molecule has 0 aromatic carbocycles. The SMILES string of the molecule is CC1=C(C)C[Si@](O[Si](C)(C)C)([Si](C)(C)C)[C@](N(C)C)([Si](C)(C)C)C1. The Bertz CT molecular complexity index is 511. The van der Waals surface area contributed by atoms with E-state index in [4.69, 9.17) is 4.12 Å². The maximum absolute atomic E-state index is 7.45. The van der Waals surface area contributed by atoms with Gasteiger partial charge in [-0.3, -0.25) is 0 Å². The predicted molar refractivity (Wildman–Crippen MR) is 121 cm³/mol. The van der Waals surface area contributed by atoms with Gasteiger partial charge in [0, 0.05) is 4.79 Å². The van der Waals surface area contributed by atoms with Gasteiger partial charge in [0.25, 0.3) is 0 Å². The van der Waals surface area contributed by atoms with Crippen molar-refractivity contribution < 1.29 is 4.12 Å². The first-order valence-electron chi connectivity index (χ1n) is 9.44. The van der Waals surface area contributed by atoms with E-state index in [9.17, 15) is 0 Å². The lowest BCUT2D eigenvalue weighted by Gasteiger charge is -2.66. The van der Waals surface area contributed by atoms with E-state index >= 15 is 0 Å². The van der Waals surface area contributed by atoms with Gasteiger partial charge in [-0.25, -0.2) is 0 Å². The van der Waals surface area contributed by atoms with E-state index in [0.29, 0.717) is 4.79 Å². The summed E-state index contributed by atoms with van der Waals surface area (Å²) < 4.78 is 7.45. The Balaban J connectivity index is 3.90. The molecule has 6 heteroatoms. The topological polar surface area (TPSA) is 12.5 Å². The van der Waals surface area contributed by atoms with Crippen molar-refractivity contribution in [3.63, 3.8) is 0 Å². The second-order valence-corrected chi connectivity index (χ2v) is 36.3. The van der Waals surface area contributed by atoms with Crippen LogP contribution in [0.2, 0.25) is 65.0 Å². The zero-order valence-corrected chi connectivity index (χ0v) is 22.8. The molecule has 0 bridgehead atoms. The van der Waals surface area contributed by atoms with Crippen molar-refractivity contribution in [1.29, 1.82) is 0 Å². The zero-order chi connectivity index (χ0) is 19.4. The van der Waals surface area contributed by atoms with E-state index in [1.165, 1.54) is 12.5 Å². The van der Waals surface area contributed by atoms with Crippen LogP contribution in [-0.2, 0) is 4.12 Å². The fourth-order valence-electron chi connectivity index (χ4n) is 5.09. The molecular weight excluding hydrogens is 359 g/mol. The lowest BCUT2D eigenvalue weighted by atomic mass is 10.1. The smallest absolute Gasteiger partial charge is 0.187 e. The highest BCUT2D eigenvalue weighted by Crippen LogP contribution is 2.52. The van der Waals surface area contributed by atoms with E-state index in [1.54, 1.807) is 11.1 Å². The average Bonchev–Trinajstić information content (AvgIpc) is 2.27. The van der Waals surface area contributed by atoms with Crippen LogP contribution in [0.4, 0.5) is 0 Å². The molecule has 0 aromatic rings. The summed E-state index contributed by atoms with van der Waals surface area (Å²) in [4.78, 5) is 2.94. The van der Waals surface area contributed by atoms with Crippen molar-refractivity contribution in [3.8, 4) is 0 Å². The molecule has 0 saturated carbocycles. The molecule has 142 valence electrons. The summed E-state index contributed by atoms with van der Waals surface area (Å²) in [5, 5.41) is 0. The fourth-order valence-corrected chi connectivity index (χ4v) is 42.9. The van der Waals surface area contributed by atoms with Gasteiger partial charge >= 0.3 is 0 Å². The normalized spacial score (nSPS) is 30.2. The molecule has 0 radical (unpaired) electrons. The van der Waals surface area contributed by atoms with E-state index in [0.717, 1.165) is 0 Å². The van der Waals surface area contributed by atoms with E-state index in [2.05, 4.69) is 91.8 Å². The minimum Gasteiger partial charge on any atom is -0.456 e. The molecule has 2 nitrogen and oxygen atoms in total. The Hall–Kier alpha value is 0.528. The minimum absolute atomic E-state index is 0.300. The van der Waals surface area contributed by atoms with Crippen molar-refractivity contribution in [2.24, 2.45) is 0 Å². The van der Waals surface area contributed by atoms with Crippen LogP contribution in [-0.4, -0.2) is 55.6 Å². The molecule has 1 heterocycles. The summed E-state index contributed by atoms with van der Waals surface area (Å²) in [5.41, 5.74) is 3.27. The van der Waals surface area contributed by atoms with Crippen molar-refractivity contribution in [3.05, 3.63) is 11.1 Å². The first-order valence-corrected chi connectivity index (χ1v) is 23.0. The minimum atomic E-state index is -1.97. The van der Waals surface area contributed by atoms with Crippen molar-refractivity contribution in [2.45, 2.75) is 90.0 Å². The maximum Gasteiger partial charge on any atom is 0.187 e. The molecular formula is C18H43NOSi4. The van der Waals surface area contributed by atoms with Crippen LogP contribution >= 0.6 is 0 Å². The Morgan fingerprint density at radius 1 is 0.875 bits per heavy atom. The molecule has 24 heavy (non-hydrogen) atoms. The van der Waals surface area contributed by atoms with Gasteiger partial charge in [-0.1, -0.05) is 50.4 Å². The molecule has 0 aliphatic carbocycles. The van der Waals surface area contributed by atoms with E-state index < -0.39 is 31.8 Å². The standard InChI is InChI=1S/C18H43NOSi4/c1-16-14-18(19(3)4,21(5,6)7)24(15-17(16)2,23(11,12)13)20-22(8,9)10/h14-15H2,1-13H3/t18-,24+/m1/s1. The monoisotopic (exact) mass is 401 g/mol. The van der Waals surface area contributed by atoms with Gasteiger partial charge < -0.3 is 9.02 Å². The van der Waals surface area contributed by atoms with Crippen LogP contribution in [0.1, 0.15) is 20.3 Å². The number of hydrogen-bond donors (Lipinski definition) is 0. The average molecular weight is 402 g/mol. The van der Waals surface area contributed by atoms with Crippen LogP contribution in [0.15, 0.2) is 11.1 Å². The summed E-state index contributed by atoms with van der Waals surface area (Å²) in [6, 6.07) is 1.27. The molecule has 0 saturated heterocycles. The third-order valence-corrected chi connectivity index (χ3v) is 32.7. The molecule has 0 aromatic heterocycles. The van der Waals surface area contributed by atoms with Crippen LogP contribution in [0, 0.1) is 0 Å². The van der Waals surface area contributed by atoms with Crippen molar-refractivity contribution in [1.82, 2.24) is 4.90 Å². The highest BCUT2D eigenvalue weighted by atomic mass is 29.3. The van der Waals surface area contributed by atoms with Crippen LogP contribution < -0.4 is 0 Å². The molecule has 0 unspecified atom stereocenters. The number of allylic oxidation sites excluding steroid dienone is 1. The van der Waals surface area contributed by atoms with Gasteiger partial charge in [-0.2, -0.15) is 0 Å². The summed E-state index contributed by atoms with van der Waals surface area (Å²) in [6.45, 7) is 27.6. The zero-order valence-electron chi connectivity index (χ0n) is 18.8. The van der Waals surface area contributed by atoms with Gasteiger partial charge in [0.1, 0.15) is 0 Å². The summed E-state index contributed by atoms with van der Waals surface area (Å²) in [7, 11) is -1.88. The molecule has 1 rings (SSSR count). The second kappa shape index (κ2) is 6.60. The van der Waals surface area contributed by atoms with Gasteiger partial charge in [0.15, 0.2) is 16.2 Å². The van der Waals surface area contributed by atoms with Gasteiger partial charge in [0.05, 0.1) is 15.7 Å². The number of hydrogen-bond acceptors (Lipinski definition) is 2. The Morgan fingerprint density at radius 3 is 1.62 bits per heavy atom. The molecule has 0 fully saturated rings. The largest absolute Gasteiger partial charge is 0.456 e. The molecule has 2 atom stereocenters. The Kier molecular flexibility index (Phi) is 6.21. The highest BCUT2D eigenvalue weighted by molar-refractivity contribution is 7.43. The Morgan fingerprint density at radius 2 is 1.33 bits per heavy atom. The second-order valence-electron chi connectivity index (χ2n) is 11.2. The van der Waals surface area contributed by atoms with Crippen LogP contribution in [0.3, 0.4) is 0 Å². The van der Waals surface area contributed by atoms with E-state index in [1.807, 2.05) is 0 Å². The summed E-state index contributed by atoms with van der Waals surface area (Å²) >= 11 is 0. The number of nitrogens with zero attached hydrogens (tertiary/aromatic N) is 1.